The Hall–Kier alpha value is -3.61. The van der Waals surface area contributed by atoms with E-state index in [9.17, 15) is 14.0 Å². The molecule has 142 valence electrons. The van der Waals surface area contributed by atoms with Gasteiger partial charge in [-0.05, 0) is 12.8 Å². The summed E-state index contributed by atoms with van der Waals surface area (Å²) in [5, 5.41) is 8.84. The summed E-state index contributed by atoms with van der Waals surface area (Å²) in [6.45, 7) is 1.14. The first-order chi connectivity index (χ1) is 13.5. The summed E-state index contributed by atoms with van der Waals surface area (Å²) >= 11 is 0. The fourth-order valence-electron chi connectivity index (χ4n) is 3.51. The number of rotatable bonds is 2. The van der Waals surface area contributed by atoms with Gasteiger partial charge in [0.1, 0.15) is 11.9 Å². The van der Waals surface area contributed by atoms with E-state index in [1.807, 2.05) is 11.0 Å². The van der Waals surface area contributed by atoms with Gasteiger partial charge in [0.05, 0.1) is 29.7 Å². The molecule has 0 unspecified atom stereocenters. The van der Waals surface area contributed by atoms with Crippen molar-refractivity contribution >= 4 is 17.1 Å². The highest BCUT2D eigenvalue weighted by molar-refractivity contribution is 5.70. The predicted molar refractivity (Wildman–Crippen MR) is 98.4 cm³/mol. The van der Waals surface area contributed by atoms with Crippen LogP contribution in [-0.4, -0.2) is 37.2 Å². The summed E-state index contributed by atoms with van der Waals surface area (Å²) in [6, 6.07) is 2.94. The maximum Gasteiger partial charge on any atom is 0.318 e. The highest BCUT2D eigenvalue weighted by Crippen LogP contribution is 2.25. The van der Waals surface area contributed by atoms with E-state index >= 15 is 0 Å². The van der Waals surface area contributed by atoms with Crippen molar-refractivity contribution in [1.29, 1.82) is 5.26 Å². The average molecular weight is 381 g/mol. The number of hydrogen-bond acceptors (Lipinski definition) is 7. The van der Waals surface area contributed by atoms with Crippen molar-refractivity contribution in [2.45, 2.75) is 18.9 Å². The lowest BCUT2D eigenvalue weighted by atomic mass is 10.0. The molecule has 0 atom stereocenters. The molecule has 0 radical (unpaired) electrons. The van der Waals surface area contributed by atoms with Crippen molar-refractivity contribution in [3.63, 3.8) is 0 Å². The molecule has 9 nitrogen and oxygen atoms in total. The Labute approximate surface area is 158 Å². The molecular formula is C18H16FN7O2. The molecule has 3 aromatic heterocycles. The molecule has 10 heteroatoms. The molecule has 0 aromatic carbocycles. The van der Waals surface area contributed by atoms with Crippen LogP contribution in [0.15, 0.2) is 34.2 Å². The zero-order chi connectivity index (χ0) is 19.8. The van der Waals surface area contributed by atoms with E-state index in [-0.39, 0.29) is 11.6 Å². The molecule has 0 spiro atoms. The van der Waals surface area contributed by atoms with Gasteiger partial charge in [0.2, 0.25) is 5.95 Å². The van der Waals surface area contributed by atoms with Crippen molar-refractivity contribution in [1.82, 2.24) is 24.1 Å². The van der Waals surface area contributed by atoms with Crippen LogP contribution in [0.1, 0.15) is 24.4 Å². The van der Waals surface area contributed by atoms with E-state index in [1.54, 1.807) is 0 Å². The largest absolute Gasteiger partial charge is 0.341 e. The number of pyridine rings is 1. The minimum absolute atomic E-state index is 0.239. The number of aromatic nitrogens is 5. The first-order valence-electron chi connectivity index (χ1n) is 8.73. The molecule has 1 saturated heterocycles. The molecular weight excluding hydrogens is 365 g/mol. The van der Waals surface area contributed by atoms with Crippen LogP contribution in [0.2, 0.25) is 0 Å². The van der Waals surface area contributed by atoms with Crippen molar-refractivity contribution in [2.75, 3.05) is 18.0 Å². The van der Waals surface area contributed by atoms with Gasteiger partial charge < -0.3 is 9.47 Å². The first-order valence-corrected chi connectivity index (χ1v) is 8.73. The van der Waals surface area contributed by atoms with Crippen LogP contribution in [0.25, 0.3) is 11.2 Å². The Kier molecular flexibility index (Phi) is 4.35. The number of anilines is 1. The predicted octanol–water partition coefficient (Wildman–Crippen LogP) is 0.737. The minimum atomic E-state index is -0.710. The smallest absolute Gasteiger partial charge is 0.318 e. The summed E-state index contributed by atoms with van der Waals surface area (Å²) in [4.78, 5) is 39.4. The summed E-state index contributed by atoms with van der Waals surface area (Å²) < 4.78 is 16.1. The number of nitriles is 1. The number of halogens is 1. The van der Waals surface area contributed by atoms with Crippen molar-refractivity contribution in [3.8, 4) is 6.07 Å². The van der Waals surface area contributed by atoms with Gasteiger partial charge in [0.25, 0.3) is 0 Å². The van der Waals surface area contributed by atoms with Gasteiger partial charge in [-0.3, -0.25) is 14.2 Å². The Morgan fingerprint density at radius 3 is 2.43 bits per heavy atom. The molecule has 1 aliphatic heterocycles. The van der Waals surface area contributed by atoms with Crippen LogP contribution in [0.4, 0.5) is 10.3 Å². The lowest BCUT2D eigenvalue weighted by Crippen LogP contribution is -2.45. The average Bonchev–Trinajstić information content (AvgIpc) is 2.73. The van der Waals surface area contributed by atoms with E-state index in [0.29, 0.717) is 43.1 Å². The third kappa shape index (κ3) is 2.90. The second-order valence-electron chi connectivity index (χ2n) is 6.64. The zero-order valence-electron chi connectivity index (χ0n) is 15.0. The fraction of sp³-hybridized carbons (Fsp3) is 0.333. The van der Waals surface area contributed by atoms with Gasteiger partial charge in [-0.15, -0.1) is 0 Å². The molecule has 0 aliphatic carbocycles. The molecule has 0 saturated carbocycles. The van der Waals surface area contributed by atoms with Crippen LogP contribution in [0.3, 0.4) is 0 Å². The number of fused-ring (bicyclic) bond motifs is 1. The highest BCUT2D eigenvalue weighted by Gasteiger charge is 2.26. The maximum absolute atomic E-state index is 13.6. The van der Waals surface area contributed by atoms with E-state index in [4.69, 9.17) is 5.26 Å². The van der Waals surface area contributed by atoms with Crippen LogP contribution in [0, 0.1) is 17.1 Å². The first kappa shape index (κ1) is 17.8. The Morgan fingerprint density at radius 2 is 1.79 bits per heavy atom. The Morgan fingerprint density at radius 1 is 1.11 bits per heavy atom. The van der Waals surface area contributed by atoms with Crippen LogP contribution >= 0.6 is 0 Å². The van der Waals surface area contributed by atoms with Crippen LogP contribution in [-0.2, 0) is 7.05 Å². The highest BCUT2D eigenvalue weighted by atomic mass is 19.1. The molecule has 3 aromatic rings. The van der Waals surface area contributed by atoms with Crippen molar-refractivity contribution in [2.24, 2.45) is 7.05 Å². The second-order valence-corrected chi connectivity index (χ2v) is 6.64. The molecule has 0 N–H and O–H groups in total. The third-order valence-corrected chi connectivity index (χ3v) is 4.99. The van der Waals surface area contributed by atoms with E-state index in [2.05, 4.69) is 15.0 Å². The molecule has 1 aliphatic rings. The number of piperidine rings is 1. The molecule has 4 rings (SSSR count). The summed E-state index contributed by atoms with van der Waals surface area (Å²) in [6.07, 6.45) is 5.12. The van der Waals surface area contributed by atoms with E-state index in [1.165, 1.54) is 30.1 Å². The van der Waals surface area contributed by atoms with Crippen molar-refractivity contribution in [3.05, 3.63) is 56.7 Å². The molecule has 4 heterocycles. The Bertz CT molecular complexity index is 1200. The second kappa shape index (κ2) is 6.84. The van der Waals surface area contributed by atoms with E-state index in [0.717, 1.165) is 10.8 Å². The van der Waals surface area contributed by atoms with Gasteiger partial charge in [-0.25, -0.2) is 19.3 Å². The lowest BCUT2D eigenvalue weighted by Gasteiger charge is -2.33. The van der Waals surface area contributed by atoms with E-state index < -0.39 is 16.9 Å². The van der Waals surface area contributed by atoms with Gasteiger partial charge in [-0.1, -0.05) is 0 Å². The summed E-state index contributed by atoms with van der Waals surface area (Å²) in [7, 11) is 1.43. The minimum Gasteiger partial charge on any atom is -0.341 e. The third-order valence-electron chi connectivity index (χ3n) is 4.99. The lowest BCUT2D eigenvalue weighted by molar-refractivity contribution is 0.389. The normalized spacial score (nSPS) is 15.0. The van der Waals surface area contributed by atoms with Gasteiger partial charge in [0.15, 0.2) is 5.65 Å². The van der Waals surface area contributed by atoms with Crippen LogP contribution < -0.4 is 16.0 Å². The van der Waals surface area contributed by atoms with Crippen molar-refractivity contribution < 1.29 is 4.39 Å². The summed E-state index contributed by atoms with van der Waals surface area (Å²) in [5.74, 6) is -0.0562. The number of nitrogens with zero attached hydrogens (tertiary/aromatic N) is 7. The van der Waals surface area contributed by atoms with Gasteiger partial charge in [-0.2, -0.15) is 5.26 Å². The quantitative estimate of drug-likeness (QED) is 0.602. The summed E-state index contributed by atoms with van der Waals surface area (Å²) in [5.41, 5.74) is -0.418. The van der Waals surface area contributed by atoms with Gasteiger partial charge in [0, 0.05) is 32.2 Å². The standard InChI is InChI=1S/C18H16FN7O2/c1-24-14-6-12(19)10-21-15(14)26(17(28)16(24)27)13-2-4-25(5-3-13)18-22-8-11(7-20)9-23-18/h6,8-10,13H,2-5H2,1H3. The van der Waals surface area contributed by atoms with Crippen LogP contribution in [0.5, 0.6) is 0 Å². The Balaban J connectivity index is 1.66. The number of hydrogen-bond donors (Lipinski definition) is 0. The topological polar surface area (TPSA) is 110 Å². The monoisotopic (exact) mass is 381 g/mol. The molecule has 0 amide bonds. The molecule has 0 bridgehead atoms. The zero-order valence-corrected chi connectivity index (χ0v) is 15.0. The maximum atomic E-state index is 13.6. The molecule has 1 fully saturated rings. The van der Waals surface area contributed by atoms with Gasteiger partial charge >= 0.3 is 11.1 Å². The molecule has 28 heavy (non-hydrogen) atoms. The fourth-order valence-corrected chi connectivity index (χ4v) is 3.51. The SMILES string of the molecule is Cn1c(=O)c(=O)n(C2CCN(c3ncc(C#N)cn3)CC2)c2ncc(F)cc21. The number of aryl methyl sites for hydroxylation is 1.